The Morgan fingerprint density at radius 3 is 1.58 bits per heavy atom. The molecule has 0 aliphatic carbocycles. The molecule has 192 valence electrons. The van der Waals surface area contributed by atoms with Crippen molar-refractivity contribution in [3.63, 3.8) is 0 Å². The fraction of sp³-hybridized carbons (Fsp3) is 0.889. The first-order valence-corrected chi connectivity index (χ1v) is 13.5. The summed E-state index contributed by atoms with van der Waals surface area (Å²) in [5, 5.41) is 3.55. The highest BCUT2D eigenvalue weighted by Crippen LogP contribution is 2.37. The minimum Gasteiger partial charge on any atom is -0.368 e. The highest BCUT2D eigenvalue weighted by Gasteiger charge is 2.39. The molecule has 0 radical (unpaired) electrons. The molecule has 6 heteroatoms. The summed E-state index contributed by atoms with van der Waals surface area (Å²) in [6.45, 7) is 20.5. The van der Waals surface area contributed by atoms with Crippen LogP contribution in [0.3, 0.4) is 0 Å². The number of nitrogens with one attached hydrogen (secondary N) is 1. The van der Waals surface area contributed by atoms with E-state index in [-0.39, 0.29) is 22.6 Å². The molecule has 0 amide bonds. The van der Waals surface area contributed by atoms with Crippen LogP contribution in [0.2, 0.25) is 0 Å². The molecular formula is C27H54N6. The van der Waals surface area contributed by atoms with E-state index in [1.165, 1.54) is 57.8 Å². The van der Waals surface area contributed by atoms with E-state index in [9.17, 15) is 0 Å². The van der Waals surface area contributed by atoms with Gasteiger partial charge in [0.1, 0.15) is 0 Å². The van der Waals surface area contributed by atoms with Gasteiger partial charge in [0, 0.05) is 16.6 Å². The number of nitrogens with zero attached hydrogens (tertiary/aromatic N) is 4. The van der Waals surface area contributed by atoms with Gasteiger partial charge in [-0.1, -0.05) is 78.6 Å². The number of nitrogens with two attached hydrogens (primary N) is 1. The lowest BCUT2D eigenvalue weighted by Crippen LogP contribution is -2.57. The molecule has 1 aromatic rings. The van der Waals surface area contributed by atoms with Crippen LogP contribution in [0.5, 0.6) is 0 Å². The second-order valence-corrected chi connectivity index (χ2v) is 11.7. The van der Waals surface area contributed by atoms with Crippen molar-refractivity contribution in [2.45, 2.75) is 156 Å². The quantitative estimate of drug-likeness (QED) is 0.230. The molecule has 0 saturated carbocycles. The lowest BCUT2D eigenvalue weighted by molar-refractivity contribution is 0.290. The molecule has 0 aromatic carbocycles. The zero-order valence-electron chi connectivity index (χ0n) is 23.4. The second kappa shape index (κ2) is 13.3. The van der Waals surface area contributed by atoms with E-state index >= 15 is 0 Å². The fourth-order valence-corrected chi connectivity index (χ4v) is 4.92. The van der Waals surface area contributed by atoms with Gasteiger partial charge in [0.25, 0.3) is 0 Å². The third kappa shape index (κ3) is 10.1. The summed E-state index contributed by atoms with van der Waals surface area (Å²) in [7, 11) is 0. The van der Waals surface area contributed by atoms with Gasteiger partial charge in [-0.25, -0.2) is 0 Å². The molecule has 0 atom stereocenters. The average Bonchev–Trinajstić information content (AvgIpc) is 2.67. The second-order valence-electron chi connectivity index (χ2n) is 11.7. The van der Waals surface area contributed by atoms with Crippen molar-refractivity contribution in [2.24, 2.45) is 0 Å². The van der Waals surface area contributed by atoms with Crippen LogP contribution >= 0.6 is 0 Å². The predicted octanol–water partition coefficient (Wildman–Crippen LogP) is 7.75. The standard InChI is InChI=1S/C27H54N6/c1-10-13-16-19-25(4,5)32-23-29-22(28)30-24(31-23)33(26(6,7)20-17-14-11-2)27(8,9)21-18-15-12-3/h10-21H2,1-9H3,(H3,28,29,30,31,32). The average molecular weight is 463 g/mol. The third-order valence-corrected chi connectivity index (χ3v) is 6.69. The number of unbranched alkanes of at least 4 members (excludes halogenated alkanes) is 6. The van der Waals surface area contributed by atoms with Gasteiger partial charge in [-0.05, 0) is 60.8 Å². The van der Waals surface area contributed by atoms with Crippen molar-refractivity contribution in [1.82, 2.24) is 15.0 Å². The van der Waals surface area contributed by atoms with Gasteiger partial charge in [-0.15, -0.1) is 0 Å². The summed E-state index contributed by atoms with van der Waals surface area (Å²) in [6, 6.07) is 0. The zero-order valence-corrected chi connectivity index (χ0v) is 23.4. The predicted molar refractivity (Wildman–Crippen MR) is 145 cm³/mol. The summed E-state index contributed by atoms with van der Waals surface area (Å²) >= 11 is 0. The van der Waals surface area contributed by atoms with Crippen LogP contribution in [0.25, 0.3) is 0 Å². The topological polar surface area (TPSA) is 80.0 Å². The van der Waals surface area contributed by atoms with E-state index in [0.29, 0.717) is 11.9 Å². The highest BCUT2D eigenvalue weighted by molar-refractivity contribution is 5.47. The number of rotatable bonds is 17. The molecule has 0 aliphatic rings. The van der Waals surface area contributed by atoms with Crippen LogP contribution in [0.15, 0.2) is 0 Å². The Bertz CT molecular complexity index is 661. The normalized spacial score (nSPS) is 12.8. The van der Waals surface area contributed by atoms with Gasteiger partial charge in [-0.2, -0.15) is 15.0 Å². The number of hydrogen-bond acceptors (Lipinski definition) is 6. The van der Waals surface area contributed by atoms with Gasteiger partial charge in [-0.3, -0.25) is 0 Å². The maximum atomic E-state index is 6.24. The van der Waals surface area contributed by atoms with Crippen LogP contribution in [0, 0.1) is 0 Å². The maximum absolute atomic E-state index is 6.24. The summed E-state index contributed by atoms with van der Waals surface area (Å²) < 4.78 is 0. The molecule has 6 nitrogen and oxygen atoms in total. The summed E-state index contributed by atoms with van der Waals surface area (Å²) in [4.78, 5) is 16.5. The maximum Gasteiger partial charge on any atom is 0.232 e. The van der Waals surface area contributed by atoms with E-state index in [0.717, 1.165) is 19.3 Å². The van der Waals surface area contributed by atoms with E-state index in [4.69, 9.17) is 10.7 Å². The van der Waals surface area contributed by atoms with E-state index in [1.54, 1.807) is 0 Å². The lowest BCUT2D eigenvalue weighted by Gasteiger charge is -2.49. The Labute approximate surface area is 204 Å². The van der Waals surface area contributed by atoms with Crippen molar-refractivity contribution in [3.05, 3.63) is 0 Å². The zero-order chi connectivity index (χ0) is 25.1. The molecule has 0 aliphatic heterocycles. The molecule has 1 aromatic heterocycles. The first-order valence-electron chi connectivity index (χ1n) is 13.5. The monoisotopic (exact) mass is 462 g/mol. The van der Waals surface area contributed by atoms with E-state index in [2.05, 4.69) is 82.5 Å². The van der Waals surface area contributed by atoms with Crippen LogP contribution in [-0.4, -0.2) is 31.6 Å². The Hall–Kier alpha value is -1.59. The van der Waals surface area contributed by atoms with Gasteiger partial charge >= 0.3 is 0 Å². The highest BCUT2D eigenvalue weighted by atomic mass is 15.4. The molecular weight excluding hydrogens is 408 g/mol. The largest absolute Gasteiger partial charge is 0.368 e. The lowest BCUT2D eigenvalue weighted by atomic mass is 9.86. The summed E-state index contributed by atoms with van der Waals surface area (Å²) in [6.07, 6.45) is 14.2. The molecule has 1 heterocycles. The van der Waals surface area contributed by atoms with Crippen LogP contribution in [0.1, 0.15) is 139 Å². The first kappa shape index (κ1) is 29.4. The van der Waals surface area contributed by atoms with Crippen LogP contribution in [0.4, 0.5) is 17.8 Å². The minimum atomic E-state index is -0.0989. The Kier molecular flexibility index (Phi) is 11.9. The number of anilines is 3. The molecule has 0 saturated heterocycles. The molecule has 0 spiro atoms. The molecule has 0 bridgehead atoms. The van der Waals surface area contributed by atoms with Gasteiger partial charge in [0.2, 0.25) is 17.8 Å². The SMILES string of the molecule is CCCCCC(C)(C)Nc1nc(N)nc(N(C(C)(C)CCCCC)C(C)(C)CCCCC)n1. The van der Waals surface area contributed by atoms with E-state index < -0.39 is 0 Å². The van der Waals surface area contributed by atoms with Crippen molar-refractivity contribution < 1.29 is 0 Å². The van der Waals surface area contributed by atoms with Gasteiger partial charge < -0.3 is 16.0 Å². The van der Waals surface area contributed by atoms with Gasteiger partial charge in [0.15, 0.2) is 0 Å². The Balaban J connectivity index is 3.31. The molecule has 3 N–H and O–H groups in total. The summed E-state index contributed by atoms with van der Waals surface area (Å²) in [5.41, 5.74) is 5.96. The number of hydrogen-bond donors (Lipinski definition) is 2. The molecule has 33 heavy (non-hydrogen) atoms. The smallest absolute Gasteiger partial charge is 0.232 e. The minimum absolute atomic E-state index is 0.0907. The number of nitrogen functional groups attached to an aromatic ring is 1. The van der Waals surface area contributed by atoms with Crippen molar-refractivity contribution in [2.75, 3.05) is 16.0 Å². The molecule has 0 fully saturated rings. The van der Waals surface area contributed by atoms with Crippen LogP contribution in [-0.2, 0) is 0 Å². The van der Waals surface area contributed by atoms with Crippen molar-refractivity contribution >= 4 is 17.8 Å². The van der Waals surface area contributed by atoms with Crippen molar-refractivity contribution in [3.8, 4) is 0 Å². The Morgan fingerprint density at radius 2 is 1.12 bits per heavy atom. The number of aromatic nitrogens is 3. The first-order chi connectivity index (χ1) is 15.4. The molecule has 1 rings (SSSR count). The van der Waals surface area contributed by atoms with Crippen LogP contribution < -0.4 is 16.0 Å². The Morgan fingerprint density at radius 1 is 0.667 bits per heavy atom. The molecule has 0 unspecified atom stereocenters. The van der Waals surface area contributed by atoms with Crippen molar-refractivity contribution in [1.29, 1.82) is 0 Å². The van der Waals surface area contributed by atoms with Gasteiger partial charge in [0.05, 0.1) is 0 Å². The third-order valence-electron chi connectivity index (χ3n) is 6.69. The fourth-order valence-electron chi connectivity index (χ4n) is 4.92. The summed E-state index contributed by atoms with van der Waals surface area (Å²) in [5.74, 6) is 1.56. The van der Waals surface area contributed by atoms with E-state index in [1.807, 2.05) is 0 Å².